The van der Waals surface area contributed by atoms with E-state index in [1.54, 1.807) is 28.2 Å². The van der Waals surface area contributed by atoms with Gasteiger partial charge in [0.1, 0.15) is 0 Å². The fourth-order valence-electron chi connectivity index (χ4n) is 3.40. The average Bonchev–Trinajstić information content (AvgIpc) is 3.32. The number of hydrogen-bond donors (Lipinski definition) is 1. The van der Waals surface area contributed by atoms with Crippen LogP contribution in [0.3, 0.4) is 0 Å². The van der Waals surface area contributed by atoms with E-state index in [1.807, 2.05) is 17.5 Å². The van der Waals surface area contributed by atoms with Crippen molar-refractivity contribution >= 4 is 29.2 Å². The fraction of sp³-hybridized carbons (Fsp3) is 0.619. The normalized spacial score (nSPS) is 18.8. The summed E-state index contributed by atoms with van der Waals surface area (Å²) < 4.78 is 85.7. The van der Waals surface area contributed by atoms with Gasteiger partial charge in [0, 0.05) is 57.3 Å². The van der Waals surface area contributed by atoms with Crippen molar-refractivity contribution in [3.8, 4) is 0 Å². The Balaban J connectivity index is 0.000000420. The lowest BCUT2D eigenvalue weighted by Gasteiger charge is -2.34. The molecule has 0 saturated carbocycles. The number of piperazine rings is 1. The number of halogens is 6. The SMILES string of the molecule is CC1CCOCC1.OC(c1cnc(N2CCN(Sc3cccs3)CC2)nc1)(C(F)(F)F)C(F)(F)F. The third-order valence-electron chi connectivity index (χ3n) is 5.62. The largest absolute Gasteiger partial charge is 0.430 e. The van der Waals surface area contributed by atoms with E-state index in [9.17, 15) is 31.4 Å². The topological polar surface area (TPSA) is 61.7 Å². The van der Waals surface area contributed by atoms with Crippen LogP contribution in [0.2, 0.25) is 0 Å². The predicted octanol–water partition coefficient (Wildman–Crippen LogP) is 5.11. The summed E-state index contributed by atoms with van der Waals surface area (Å²) >= 11 is 3.18. The molecule has 2 aromatic rings. The molecule has 14 heteroatoms. The van der Waals surface area contributed by atoms with Crippen molar-refractivity contribution in [1.29, 1.82) is 0 Å². The molecule has 0 bridgehead atoms. The molecule has 4 heterocycles. The molecule has 4 rings (SSSR count). The van der Waals surface area contributed by atoms with Gasteiger partial charge in [-0.1, -0.05) is 13.0 Å². The van der Waals surface area contributed by atoms with Crippen LogP contribution in [-0.2, 0) is 10.3 Å². The molecule has 0 unspecified atom stereocenters. The summed E-state index contributed by atoms with van der Waals surface area (Å²) in [6.45, 7) is 6.40. The number of anilines is 1. The Morgan fingerprint density at radius 2 is 1.57 bits per heavy atom. The number of thiophene rings is 1. The maximum absolute atomic E-state index is 12.9. The van der Waals surface area contributed by atoms with Crippen LogP contribution in [0.1, 0.15) is 25.3 Å². The van der Waals surface area contributed by atoms with Gasteiger partial charge < -0.3 is 14.7 Å². The van der Waals surface area contributed by atoms with Crippen molar-refractivity contribution in [2.75, 3.05) is 44.3 Å². The van der Waals surface area contributed by atoms with Crippen LogP contribution in [0.15, 0.2) is 34.1 Å². The molecule has 0 radical (unpaired) electrons. The second kappa shape index (κ2) is 11.6. The van der Waals surface area contributed by atoms with E-state index in [4.69, 9.17) is 4.74 Å². The third kappa shape index (κ3) is 7.00. The summed E-state index contributed by atoms with van der Waals surface area (Å²) in [5.41, 5.74) is -6.49. The highest BCUT2D eigenvalue weighted by molar-refractivity contribution is 7.98. The van der Waals surface area contributed by atoms with Crippen LogP contribution in [0.25, 0.3) is 0 Å². The van der Waals surface area contributed by atoms with Gasteiger partial charge in [0.05, 0.1) is 4.21 Å². The zero-order valence-corrected chi connectivity index (χ0v) is 20.5. The number of rotatable bonds is 4. The molecule has 196 valence electrons. The molecule has 35 heavy (non-hydrogen) atoms. The number of aliphatic hydroxyl groups is 1. The Morgan fingerprint density at radius 1 is 1.00 bits per heavy atom. The van der Waals surface area contributed by atoms with Crippen molar-refractivity contribution < 1.29 is 36.2 Å². The lowest BCUT2D eigenvalue weighted by molar-refractivity contribution is -0.376. The quantitative estimate of drug-likeness (QED) is 0.424. The molecule has 2 saturated heterocycles. The van der Waals surface area contributed by atoms with Gasteiger partial charge in [-0.15, -0.1) is 11.3 Å². The lowest BCUT2D eigenvalue weighted by atomic mass is 9.95. The van der Waals surface area contributed by atoms with Crippen LogP contribution < -0.4 is 4.90 Å². The maximum Gasteiger partial charge on any atom is 0.430 e. The first-order valence-electron chi connectivity index (χ1n) is 10.9. The smallest absolute Gasteiger partial charge is 0.381 e. The van der Waals surface area contributed by atoms with Crippen LogP contribution in [-0.4, -0.2) is 71.1 Å². The highest BCUT2D eigenvalue weighted by atomic mass is 32.2. The van der Waals surface area contributed by atoms with Crippen molar-refractivity contribution in [3.05, 3.63) is 35.5 Å². The second-order valence-corrected chi connectivity index (χ2v) is 10.6. The second-order valence-electron chi connectivity index (χ2n) is 8.21. The van der Waals surface area contributed by atoms with E-state index in [1.165, 1.54) is 12.8 Å². The van der Waals surface area contributed by atoms with Gasteiger partial charge in [0.25, 0.3) is 5.60 Å². The molecule has 0 spiro atoms. The van der Waals surface area contributed by atoms with E-state index in [0.717, 1.165) is 23.3 Å². The van der Waals surface area contributed by atoms with E-state index < -0.39 is 23.5 Å². The first-order chi connectivity index (χ1) is 16.4. The molecule has 0 aliphatic carbocycles. The van der Waals surface area contributed by atoms with Gasteiger partial charge >= 0.3 is 12.4 Å². The predicted molar refractivity (Wildman–Crippen MR) is 121 cm³/mol. The van der Waals surface area contributed by atoms with Crippen molar-refractivity contribution in [1.82, 2.24) is 14.3 Å². The molecule has 0 amide bonds. The molecule has 6 nitrogen and oxygen atoms in total. The number of ether oxygens (including phenoxy) is 1. The number of nitrogens with zero attached hydrogens (tertiary/aromatic N) is 4. The highest BCUT2D eigenvalue weighted by Gasteiger charge is 2.71. The van der Waals surface area contributed by atoms with E-state index >= 15 is 0 Å². The maximum atomic E-state index is 12.9. The standard InChI is InChI=1S/C15H14F6N4OS2.C6H12O/c16-14(17,18)13(26,15(19,20)21)10-8-22-12(23-9-10)24-3-5-25(6-4-24)28-11-2-1-7-27-11;1-6-2-4-7-5-3-6/h1-2,7-9,26H,3-6H2;6H,2-5H2,1H3. The molecular weight excluding hydrogens is 518 g/mol. The van der Waals surface area contributed by atoms with Gasteiger partial charge in [0.15, 0.2) is 0 Å². The highest BCUT2D eigenvalue weighted by Crippen LogP contribution is 2.49. The average molecular weight is 545 g/mol. The summed E-state index contributed by atoms with van der Waals surface area (Å²) in [5, 5.41) is 11.3. The zero-order valence-electron chi connectivity index (χ0n) is 18.8. The first kappa shape index (κ1) is 28.0. The molecule has 2 aliphatic heterocycles. The Bertz CT molecular complexity index is 884. The van der Waals surface area contributed by atoms with Crippen molar-refractivity contribution in [2.45, 2.75) is 41.9 Å². The molecule has 2 fully saturated rings. The van der Waals surface area contributed by atoms with Crippen molar-refractivity contribution in [3.63, 3.8) is 0 Å². The third-order valence-corrected chi connectivity index (χ3v) is 7.74. The summed E-state index contributed by atoms with van der Waals surface area (Å²) in [6, 6.07) is 3.91. The van der Waals surface area contributed by atoms with Crippen LogP contribution in [0.4, 0.5) is 32.3 Å². The Kier molecular flexibility index (Phi) is 9.29. The summed E-state index contributed by atoms with van der Waals surface area (Å²) in [4.78, 5) is 8.92. The van der Waals surface area contributed by atoms with Gasteiger partial charge in [-0.25, -0.2) is 14.3 Å². The number of aromatic nitrogens is 2. The minimum Gasteiger partial charge on any atom is -0.381 e. The van der Waals surface area contributed by atoms with E-state index in [0.29, 0.717) is 38.6 Å². The molecule has 0 atom stereocenters. The van der Waals surface area contributed by atoms with E-state index in [2.05, 4.69) is 21.2 Å². The van der Waals surface area contributed by atoms with Crippen LogP contribution >= 0.6 is 23.3 Å². The molecule has 2 aliphatic rings. The fourth-order valence-corrected chi connectivity index (χ4v) is 5.24. The Hall–Kier alpha value is -1.61. The molecular formula is C21H26F6N4O2S2. The van der Waals surface area contributed by atoms with Crippen LogP contribution in [0.5, 0.6) is 0 Å². The first-order valence-corrected chi connectivity index (χ1v) is 12.5. The van der Waals surface area contributed by atoms with E-state index in [-0.39, 0.29) is 5.95 Å². The Morgan fingerprint density at radius 3 is 2.00 bits per heavy atom. The summed E-state index contributed by atoms with van der Waals surface area (Å²) in [5.74, 6) is 0.921. The monoisotopic (exact) mass is 544 g/mol. The van der Waals surface area contributed by atoms with Crippen LogP contribution in [0, 0.1) is 5.92 Å². The number of alkyl halides is 6. The summed E-state index contributed by atoms with van der Waals surface area (Å²) in [7, 11) is 0. The van der Waals surface area contributed by atoms with Gasteiger partial charge in [-0.05, 0) is 42.2 Å². The van der Waals surface area contributed by atoms with Crippen molar-refractivity contribution in [2.24, 2.45) is 5.92 Å². The minimum atomic E-state index is -5.96. The molecule has 1 N–H and O–H groups in total. The minimum absolute atomic E-state index is 0.0104. The van der Waals surface area contributed by atoms with Gasteiger partial charge in [-0.3, -0.25) is 0 Å². The summed E-state index contributed by atoms with van der Waals surface area (Å²) in [6.07, 6.45) is -8.65. The number of hydrogen-bond acceptors (Lipinski definition) is 8. The zero-order chi connectivity index (χ0) is 25.7. The molecule has 0 aromatic carbocycles. The van der Waals surface area contributed by atoms with Gasteiger partial charge in [-0.2, -0.15) is 26.3 Å². The Labute approximate surface area is 207 Å². The van der Waals surface area contributed by atoms with Gasteiger partial charge in [0.2, 0.25) is 5.95 Å². The lowest BCUT2D eigenvalue weighted by Crippen LogP contribution is -2.54. The molecule has 2 aromatic heterocycles.